The summed E-state index contributed by atoms with van der Waals surface area (Å²) in [6.07, 6.45) is 4.11. The highest BCUT2D eigenvalue weighted by Crippen LogP contribution is 2.24. The SMILES string of the molecule is NC(=O)c1ccc(-n2cnc3cc(OC[C@@H]4CCCO4)ccc32)cc1. The molecule has 6 heteroatoms. The van der Waals surface area contributed by atoms with Gasteiger partial charge in [0.15, 0.2) is 0 Å². The fraction of sp³-hybridized carbons (Fsp3) is 0.263. The molecular formula is C19H19N3O3. The Morgan fingerprint density at radius 2 is 2.12 bits per heavy atom. The van der Waals surface area contributed by atoms with Crippen LogP contribution < -0.4 is 10.5 Å². The molecule has 4 rings (SSSR count). The molecule has 3 aromatic rings. The van der Waals surface area contributed by atoms with E-state index in [1.807, 2.05) is 34.9 Å². The van der Waals surface area contributed by atoms with Crippen LogP contribution >= 0.6 is 0 Å². The molecule has 1 aliphatic rings. The third kappa shape index (κ3) is 3.21. The molecule has 1 fully saturated rings. The molecule has 0 saturated carbocycles. The molecule has 0 aliphatic carbocycles. The van der Waals surface area contributed by atoms with Crippen LogP contribution in [0.3, 0.4) is 0 Å². The maximum atomic E-state index is 11.2. The molecule has 2 heterocycles. The average molecular weight is 337 g/mol. The molecule has 2 aromatic carbocycles. The Morgan fingerprint density at radius 3 is 2.84 bits per heavy atom. The lowest BCUT2D eigenvalue weighted by Crippen LogP contribution is -2.16. The summed E-state index contributed by atoms with van der Waals surface area (Å²) in [6.45, 7) is 1.40. The van der Waals surface area contributed by atoms with Gasteiger partial charge >= 0.3 is 0 Å². The lowest BCUT2D eigenvalue weighted by atomic mass is 10.2. The summed E-state index contributed by atoms with van der Waals surface area (Å²) in [7, 11) is 0. The van der Waals surface area contributed by atoms with E-state index in [0.29, 0.717) is 12.2 Å². The zero-order valence-corrected chi connectivity index (χ0v) is 13.7. The van der Waals surface area contributed by atoms with E-state index < -0.39 is 5.91 Å². The highest BCUT2D eigenvalue weighted by molar-refractivity contribution is 5.93. The molecule has 1 aliphatic heterocycles. The summed E-state index contributed by atoms with van der Waals surface area (Å²) < 4.78 is 13.4. The van der Waals surface area contributed by atoms with E-state index in [4.69, 9.17) is 15.2 Å². The van der Waals surface area contributed by atoms with E-state index in [1.54, 1.807) is 18.5 Å². The van der Waals surface area contributed by atoms with Gasteiger partial charge in [-0.15, -0.1) is 0 Å². The van der Waals surface area contributed by atoms with E-state index in [1.165, 1.54) is 0 Å². The Labute approximate surface area is 145 Å². The molecule has 6 nitrogen and oxygen atoms in total. The van der Waals surface area contributed by atoms with E-state index >= 15 is 0 Å². The van der Waals surface area contributed by atoms with Crippen LogP contribution in [0.5, 0.6) is 5.75 Å². The highest BCUT2D eigenvalue weighted by atomic mass is 16.5. The molecule has 1 saturated heterocycles. The van der Waals surface area contributed by atoms with Crippen LogP contribution in [0.2, 0.25) is 0 Å². The number of nitrogens with zero attached hydrogens (tertiary/aromatic N) is 2. The van der Waals surface area contributed by atoms with Crippen LogP contribution in [0.4, 0.5) is 0 Å². The van der Waals surface area contributed by atoms with Gasteiger partial charge in [-0.1, -0.05) is 0 Å². The van der Waals surface area contributed by atoms with Crippen molar-refractivity contribution in [3.63, 3.8) is 0 Å². The minimum atomic E-state index is -0.435. The van der Waals surface area contributed by atoms with Gasteiger partial charge in [0, 0.05) is 23.9 Å². The topological polar surface area (TPSA) is 79.4 Å². The Morgan fingerprint density at radius 1 is 1.28 bits per heavy atom. The summed E-state index contributed by atoms with van der Waals surface area (Å²) in [5, 5.41) is 0. The summed E-state index contributed by atoms with van der Waals surface area (Å²) in [5.74, 6) is 0.354. The minimum Gasteiger partial charge on any atom is -0.491 e. The normalized spacial score (nSPS) is 17.0. The smallest absolute Gasteiger partial charge is 0.248 e. The van der Waals surface area contributed by atoms with Gasteiger partial charge in [0.1, 0.15) is 18.7 Å². The van der Waals surface area contributed by atoms with E-state index in [0.717, 1.165) is 41.9 Å². The number of primary amides is 1. The maximum absolute atomic E-state index is 11.2. The van der Waals surface area contributed by atoms with Crippen LogP contribution in [0.15, 0.2) is 48.8 Å². The van der Waals surface area contributed by atoms with Gasteiger partial charge in [0.05, 0.1) is 17.1 Å². The number of amides is 1. The second-order valence-electron chi connectivity index (χ2n) is 6.12. The predicted octanol–water partition coefficient (Wildman–Crippen LogP) is 2.68. The first-order valence-corrected chi connectivity index (χ1v) is 8.32. The van der Waals surface area contributed by atoms with Crippen molar-refractivity contribution >= 4 is 16.9 Å². The molecule has 0 unspecified atom stereocenters. The van der Waals surface area contributed by atoms with Crippen LogP contribution in [-0.2, 0) is 4.74 Å². The first-order chi connectivity index (χ1) is 12.2. The lowest BCUT2D eigenvalue weighted by molar-refractivity contribution is 0.0680. The summed E-state index contributed by atoms with van der Waals surface area (Å²) in [6, 6.07) is 13.0. The molecule has 1 amide bonds. The van der Waals surface area contributed by atoms with E-state index in [9.17, 15) is 4.79 Å². The Bertz CT molecular complexity index is 896. The highest BCUT2D eigenvalue weighted by Gasteiger charge is 2.16. The summed E-state index contributed by atoms with van der Waals surface area (Å²) in [4.78, 5) is 15.6. The third-order valence-corrected chi connectivity index (χ3v) is 4.41. The van der Waals surface area contributed by atoms with Gasteiger partial charge in [-0.05, 0) is 49.2 Å². The summed E-state index contributed by atoms with van der Waals surface area (Å²) >= 11 is 0. The molecule has 128 valence electrons. The number of aromatic nitrogens is 2. The van der Waals surface area contributed by atoms with Crippen LogP contribution in [-0.4, -0.2) is 34.8 Å². The fourth-order valence-corrected chi connectivity index (χ4v) is 3.04. The third-order valence-electron chi connectivity index (χ3n) is 4.41. The number of hydrogen-bond donors (Lipinski definition) is 1. The molecule has 1 atom stereocenters. The Kier molecular flexibility index (Phi) is 4.11. The average Bonchev–Trinajstić information content (AvgIpc) is 3.29. The van der Waals surface area contributed by atoms with Crippen molar-refractivity contribution in [3.05, 3.63) is 54.4 Å². The lowest BCUT2D eigenvalue weighted by Gasteiger charge is -2.11. The molecule has 0 radical (unpaired) electrons. The number of nitrogens with two attached hydrogens (primary N) is 1. The zero-order valence-electron chi connectivity index (χ0n) is 13.7. The number of rotatable bonds is 5. The van der Waals surface area contributed by atoms with Gasteiger partial charge < -0.3 is 15.2 Å². The zero-order chi connectivity index (χ0) is 17.2. The molecule has 2 N–H and O–H groups in total. The standard InChI is InChI=1S/C19H19N3O3/c20-19(23)13-3-5-14(6-4-13)22-12-21-17-10-15(7-8-18(17)22)25-11-16-2-1-9-24-16/h3-8,10,12,16H,1-2,9,11H2,(H2,20,23)/t16-/m0/s1. The van der Waals surface area contributed by atoms with Gasteiger partial charge in [0.2, 0.25) is 5.91 Å². The maximum Gasteiger partial charge on any atom is 0.248 e. The number of imidazole rings is 1. The number of ether oxygens (including phenoxy) is 2. The molecule has 0 bridgehead atoms. The van der Waals surface area contributed by atoms with Crippen molar-refractivity contribution in [1.29, 1.82) is 0 Å². The quantitative estimate of drug-likeness (QED) is 0.776. The van der Waals surface area contributed by atoms with E-state index in [-0.39, 0.29) is 6.10 Å². The molecule has 25 heavy (non-hydrogen) atoms. The number of benzene rings is 2. The van der Waals surface area contributed by atoms with Crippen molar-refractivity contribution in [1.82, 2.24) is 9.55 Å². The summed E-state index contributed by atoms with van der Waals surface area (Å²) in [5.41, 5.74) is 8.50. The van der Waals surface area contributed by atoms with Crippen molar-refractivity contribution in [2.75, 3.05) is 13.2 Å². The van der Waals surface area contributed by atoms with Crippen LogP contribution in [0.1, 0.15) is 23.2 Å². The predicted molar refractivity (Wildman–Crippen MR) is 94.1 cm³/mol. The van der Waals surface area contributed by atoms with Gasteiger partial charge in [-0.2, -0.15) is 0 Å². The monoisotopic (exact) mass is 337 g/mol. The second-order valence-corrected chi connectivity index (χ2v) is 6.12. The van der Waals surface area contributed by atoms with Crippen molar-refractivity contribution in [3.8, 4) is 11.4 Å². The van der Waals surface area contributed by atoms with Crippen molar-refractivity contribution in [2.24, 2.45) is 5.73 Å². The molecule has 1 aromatic heterocycles. The number of hydrogen-bond acceptors (Lipinski definition) is 4. The van der Waals surface area contributed by atoms with Gasteiger partial charge in [-0.3, -0.25) is 9.36 Å². The number of fused-ring (bicyclic) bond motifs is 1. The Hall–Kier alpha value is -2.86. The molecule has 0 spiro atoms. The number of carbonyl (C=O) groups excluding carboxylic acids is 1. The first kappa shape index (κ1) is 15.7. The van der Waals surface area contributed by atoms with E-state index in [2.05, 4.69) is 4.98 Å². The van der Waals surface area contributed by atoms with Crippen molar-refractivity contribution < 1.29 is 14.3 Å². The number of carbonyl (C=O) groups is 1. The van der Waals surface area contributed by atoms with Crippen molar-refractivity contribution in [2.45, 2.75) is 18.9 Å². The fourth-order valence-electron chi connectivity index (χ4n) is 3.04. The largest absolute Gasteiger partial charge is 0.491 e. The Balaban J connectivity index is 1.55. The minimum absolute atomic E-state index is 0.192. The van der Waals surface area contributed by atoms with Crippen LogP contribution in [0.25, 0.3) is 16.7 Å². The molecular weight excluding hydrogens is 318 g/mol. The second kappa shape index (κ2) is 6.57. The first-order valence-electron chi connectivity index (χ1n) is 8.32. The van der Waals surface area contributed by atoms with Gasteiger partial charge in [0.25, 0.3) is 0 Å². The van der Waals surface area contributed by atoms with Crippen LogP contribution in [0, 0.1) is 0 Å². The van der Waals surface area contributed by atoms with Gasteiger partial charge in [-0.25, -0.2) is 4.98 Å².